The Kier molecular flexibility index (Phi) is 4.66. The zero-order chi connectivity index (χ0) is 14.5. The maximum Gasteiger partial charge on any atom is 0.278 e. The maximum atomic E-state index is 12.2. The summed E-state index contributed by atoms with van der Waals surface area (Å²) in [6.45, 7) is 7.09. The summed E-state index contributed by atoms with van der Waals surface area (Å²) in [5.74, 6) is -0.202. The average Bonchev–Trinajstić information content (AvgIpc) is 2.91. The summed E-state index contributed by atoms with van der Waals surface area (Å²) in [4.78, 5) is 16.1. The Morgan fingerprint density at radius 1 is 1.40 bits per heavy atom. The van der Waals surface area contributed by atoms with Crippen LogP contribution in [-0.2, 0) is 0 Å². The third-order valence-electron chi connectivity index (χ3n) is 2.62. The molecule has 0 bridgehead atoms. The number of thiophene rings is 1. The highest BCUT2D eigenvalue weighted by molar-refractivity contribution is 8.00. The third kappa shape index (κ3) is 3.13. The van der Waals surface area contributed by atoms with Crippen molar-refractivity contribution in [2.24, 2.45) is 0 Å². The van der Waals surface area contributed by atoms with Crippen molar-refractivity contribution in [1.29, 1.82) is 0 Å². The van der Waals surface area contributed by atoms with Gasteiger partial charge in [0.25, 0.3) is 5.91 Å². The Balaban J connectivity index is 2.13. The van der Waals surface area contributed by atoms with E-state index in [0.29, 0.717) is 10.6 Å². The van der Waals surface area contributed by atoms with Crippen molar-refractivity contribution in [3.05, 3.63) is 52.7 Å². The molecular weight excluding hydrogens is 290 g/mol. The van der Waals surface area contributed by atoms with E-state index < -0.39 is 0 Å². The summed E-state index contributed by atoms with van der Waals surface area (Å²) in [6.07, 6.45) is 1.90. The monoisotopic (exact) mass is 303 g/mol. The van der Waals surface area contributed by atoms with E-state index in [0.717, 1.165) is 9.90 Å². The van der Waals surface area contributed by atoms with Crippen molar-refractivity contribution >= 4 is 40.4 Å². The lowest BCUT2D eigenvalue weighted by atomic mass is 10.3. The van der Waals surface area contributed by atoms with E-state index in [9.17, 15) is 4.79 Å². The van der Waals surface area contributed by atoms with Gasteiger partial charge in [-0.15, -0.1) is 23.1 Å². The molecule has 1 aromatic heterocycles. The van der Waals surface area contributed by atoms with Crippen LogP contribution in [0, 0.1) is 6.57 Å². The van der Waals surface area contributed by atoms with Gasteiger partial charge in [0.15, 0.2) is 0 Å². The fraction of sp³-hybridized carbons (Fsp3) is 0.143. The first-order valence-electron chi connectivity index (χ1n) is 5.80. The quantitative estimate of drug-likeness (QED) is 0.530. The van der Waals surface area contributed by atoms with Crippen LogP contribution >= 0.6 is 23.1 Å². The van der Waals surface area contributed by atoms with Crippen molar-refractivity contribution in [3.63, 3.8) is 0 Å². The first-order chi connectivity index (χ1) is 9.65. The van der Waals surface area contributed by atoms with Gasteiger partial charge in [0, 0.05) is 7.05 Å². The van der Waals surface area contributed by atoms with Gasteiger partial charge in [-0.25, -0.2) is 4.85 Å². The van der Waals surface area contributed by atoms with Gasteiger partial charge in [0.1, 0.15) is 0 Å². The number of hydrazine groups is 1. The van der Waals surface area contributed by atoms with Gasteiger partial charge < -0.3 is 0 Å². The van der Waals surface area contributed by atoms with Crippen molar-refractivity contribution in [1.82, 2.24) is 5.43 Å². The molecule has 0 atom stereocenters. The lowest BCUT2D eigenvalue weighted by Gasteiger charge is -2.19. The highest BCUT2D eigenvalue weighted by atomic mass is 32.2. The van der Waals surface area contributed by atoms with Crippen molar-refractivity contribution < 1.29 is 4.79 Å². The molecule has 0 aliphatic rings. The molecule has 0 radical (unpaired) electrons. The lowest BCUT2D eigenvalue weighted by molar-refractivity contribution is 0.0955. The third-order valence-corrected chi connectivity index (χ3v) is 4.87. The SMILES string of the molecule is [C-]#[N+]c1cc(C(=O)NN(C)c2ccccc2)sc1SC. The second-order valence-electron chi connectivity index (χ2n) is 3.93. The summed E-state index contributed by atoms with van der Waals surface area (Å²) in [7, 11) is 1.78. The molecule has 20 heavy (non-hydrogen) atoms. The number of para-hydroxylation sites is 1. The number of rotatable bonds is 4. The molecule has 6 heteroatoms. The lowest BCUT2D eigenvalue weighted by Crippen LogP contribution is -2.38. The number of hydrogen-bond donors (Lipinski definition) is 1. The molecule has 4 nitrogen and oxygen atoms in total. The molecule has 102 valence electrons. The van der Waals surface area contributed by atoms with Crippen LogP contribution in [0.1, 0.15) is 9.67 Å². The second-order valence-corrected chi connectivity index (χ2v) is 6.06. The average molecular weight is 303 g/mol. The highest BCUT2D eigenvalue weighted by Crippen LogP contribution is 2.36. The van der Waals surface area contributed by atoms with Gasteiger partial charge >= 0.3 is 0 Å². The predicted octanol–water partition coefficient (Wildman–Crippen LogP) is 3.80. The number of nitrogens with zero attached hydrogens (tertiary/aromatic N) is 2. The topological polar surface area (TPSA) is 36.7 Å². The second kappa shape index (κ2) is 6.46. The molecule has 0 fully saturated rings. The molecule has 1 N–H and O–H groups in total. The zero-order valence-electron chi connectivity index (χ0n) is 11.1. The number of nitrogens with one attached hydrogen (secondary N) is 1. The summed E-state index contributed by atoms with van der Waals surface area (Å²) in [6, 6.07) is 11.2. The van der Waals surface area contributed by atoms with Gasteiger partial charge in [0.05, 0.1) is 21.3 Å². The van der Waals surface area contributed by atoms with Crippen LogP contribution in [0.25, 0.3) is 4.85 Å². The van der Waals surface area contributed by atoms with Crippen LogP contribution in [-0.4, -0.2) is 19.2 Å². The molecular formula is C14H13N3OS2. The number of carbonyl (C=O) groups is 1. The fourth-order valence-electron chi connectivity index (χ4n) is 1.62. The van der Waals surface area contributed by atoms with Crippen molar-refractivity contribution in [3.8, 4) is 0 Å². The van der Waals surface area contributed by atoms with Gasteiger partial charge in [-0.2, -0.15) is 0 Å². The number of benzene rings is 1. The standard InChI is InChI=1S/C14H13N3OS2/c1-15-11-9-12(20-14(11)19-3)13(18)16-17(2)10-7-5-4-6-8-10/h4-9H,2-3H3,(H,16,18). The Morgan fingerprint density at radius 2 is 2.10 bits per heavy atom. The molecule has 0 aliphatic heterocycles. The van der Waals surface area contributed by atoms with E-state index >= 15 is 0 Å². The summed E-state index contributed by atoms with van der Waals surface area (Å²) in [5, 5.41) is 1.67. The highest BCUT2D eigenvalue weighted by Gasteiger charge is 2.15. The maximum absolute atomic E-state index is 12.2. The molecule has 0 saturated carbocycles. The number of hydrogen-bond acceptors (Lipinski definition) is 4. The fourth-order valence-corrected chi connectivity index (χ4v) is 3.26. The summed E-state index contributed by atoms with van der Waals surface area (Å²) >= 11 is 2.82. The van der Waals surface area contributed by atoms with E-state index in [2.05, 4.69) is 10.3 Å². The predicted molar refractivity (Wildman–Crippen MR) is 84.7 cm³/mol. The number of anilines is 1. The Bertz CT molecular complexity index is 646. The molecule has 2 rings (SSSR count). The van der Waals surface area contributed by atoms with Gasteiger partial charge in [-0.1, -0.05) is 18.2 Å². The number of carbonyl (C=O) groups excluding carboxylic acids is 1. The minimum absolute atomic E-state index is 0.202. The molecule has 1 aromatic carbocycles. The van der Waals surface area contributed by atoms with E-state index in [1.807, 2.05) is 36.6 Å². The first-order valence-corrected chi connectivity index (χ1v) is 7.85. The Hall–Kier alpha value is -1.97. The van der Waals surface area contributed by atoms with Crippen LogP contribution in [0.5, 0.6) is 0 Å². The van der Waals surface area contributed by atoms with E-state index in [1.165, 1.54) is 23.1 Å². The van der Waals surface area contributed by atoms with E-state index in [4.69, 9.17) is 6.57 Å². The van der Waals surface area contributed by atoms with Crippen molar-refractivity contribution in [2.75, 3.05) is 18.3 Å². The largest absolute Gasteiger partial charge is 0.288 e. The van der Waals surface area contributed by atoms with E-state index in [1.54, 1.807) is 18.1 Å². The minimum atomic E-state index is -0.202. The van der Waals surface area contributed by atoms with Crippen LogP contribution < -0.4 is 10.4 Å². The summed E-state index contributed by atoms with van der Waals surface area (Å²) in [5.41, 5.74) is 4.23. The normalized spacial score (nSPS) is 9.85. The molecule has 0 aliphatic carbocycles. The summed E-state index contributed by atoms with van der Waals surface area (Å²) < 4.78 is 0.868. The smallest absolute Gasteiger partial charge is 0.278 e. The molecule has 1 amide bonds. The minimum Gasteiger partial charge on any atom is -0.288 e. The number of amides is 1. The van der Waals surface area contributed by atoms with Gasteiger partial charge in [-0.05, 0) is 24.5 Å². The Morgan fingerprint density at radius 3 is 2.65 bits per heavy atom. The molecule has 1 heterocycles. The first kappa shape index (κ1) is 14.4. The molecule has 0 spiro atoms. The number of thioether (sulfide) groups is 1. The molecule has 0 saturated heterocycles. The van der Waals surface area contributed by atoms with Crippen LogP contribution in [0.15, 0.2) is 40.6 Å². The van der Waals surface area contributed by atoms with E-state index in [-0.39, 0.29) is 5.91 Å². The van der Waals surface area contributed by atoms with Crippen LogP contribution in [0.3, 0.4) is 0 Å². The van der Waals surface area contributed by atoms with Crippen LogP contribution in [0.4, 0.5) is 11.4 Å². The molecule has 0 unspecified atom stereocenters. The van der Waals surface area contributed by atoms with Crippen LogP contribution in [0.2, 0.25) is 0 Å². The zero-order valence-corrected chi connectivity index (χ0v) is 12.7. The molecule has 2 aromatic rings. The van der Waals surface area contributed by atoms with Gasteiger partial charge in [0.2, 0.25) is 5.69 Å². The van der Waals surface area contributed by atoms with Crippen molar-refractivity contribution in [2.45, 2.75) is 4.21 Å². The Labute approximate surface area is 126 Å². The van der Waals surface area contributed by atoms with Gasteiger partial charge in [-0.3, -0.25) is 15.2 Å².